The highest BCUT2D eigenvalue weighted by atomic mass is 16.1. The molecule has 8 aliphatic rings. The van der Waals surface area contributed by atoms with Crippen LogP contribution >= 0.6 is 0 Å². The zero-order chi connectivity index (χ0) is 13.8. The van der Waals surface area contributed by atoms with E-state index in [1.54, 1.807) is 0 Å². The van der Waals surface area contributed by atoms with Crippen LogP contribution in [0.1, 0.15) is 11.1 Å². The smallest absolute Gasteiger partial charge is 0.181 e. The van der Waals surface area contributed by atoms with Crippen LogP contribution in [0.5, 0.6) is 0 Å². The first kappa shape index (κ1) is 9.03. The van der Waals surface area contributed by atoms with E-state index in [1.165, 1.54) is 45.3 Å². The molecule has 104 valence electrons. The summed E-state index contributed by atoms with van der Waals surface area (Å²) in [4.78, 5) is 0.783. The normalized spacial score (nSPS) is 33.1. The van der Waals surface area contributed by atoms with Gasteiger partial charge in [0.15, 0.2) is 17.1 Å². The number of nitrogens with one attached hydrogen (secondary N) is 6. The van der Waals surface area contributed by atoms with E-state index in [-0.39, 0.29) is 0 Å². The van der Waals surface area contributed by atoms with Crippen LogP contribution in [0.25, 0.3) is 11.4 Å². The van der Waals surface area contributed by atoms with Gasteiger partial charge in [-0.1, -0.05) is 12.1 Å². The monoisotopic (exact) mass is 290 g/mol. The van der Waals surface area contributed by atoms with Crippen molar-refractivity contribution in [3.63, 3.8) is 0 Å². The first-order valence-electron chi connectivity index (χ1n) is 7.37. The van der Waals surface area contributed by atoms with Crippen molar-refractivity contribution in [1.82, 2.24) is 10.2 Å². The van der Waals surface area contributed by atoms with Gasteiger partial charge in [-0.25, -0.2) is 0 Å². The van der Waals surface area contributed by atoms with Crippen LogP contribution < -0.4 is 37.4 Å². The molecule has 0 amide bonds. The molecule has 0 fully saturated rings. The maximum absolute atomic E-state index is 3.63. The fourth-order valence-electron chi connectivity index (χ4n) is 4.68. The van der Waals surface area contributed by atoms with Crippen molar-refractivity contribution in [2.45, 2.75) is 0 Å². The van der Waals surface area contributed by atoms with Crippen molar-refractivity contribution in [3.05, 3.63) is 35.4 Å². The Labute approximate surface area is 124 Å². The molecular formula is C14H10N8+2. The van der Waals surface area contributed by atoms with E-state index in [4.69, 9.17) is 0 Å². The van der Waals surface area contributed by atoms with Gasteiger partial charge in [-0.3, -0.25) is 0 Å². The zero-order valence-corrected chi connectivity index (χ0v) is 11.2. The summed E-state index contributed by atoms with van der Waals surface area (Å²) in [6, 6.07) is 8.45. The average molecular weight is 290 g/mol. The summed E-state index contributed by atoms with van der Waals surface area (Å²) in [7, 11) is 0. The molecular weight excluding hydrogens is 280 g/mol. The molecule has 2 aromatic rings. The number of hydrogen-bond donors (Lipinski definition) is 6. The van der Waals surface area contributed by atoms with Crippen LogP contribution in [0.3, 0.4) is 0 Å². The highest BCUT2D eigenvalue weighted by molar-refractivity contribution is 6.19. The van der Waals surface area contributed by atoms with Crippen molar-refractivity contribution in [2.75, 3.05) is 27.1 Å². The lowest BCUT2D eigenvalue weighted by atomic mass is 9.95. The van der Waals surface area contributed by atoms with Gasteiger partial charge in [0.25, 0.3) is 5.69 Å². The molecule has 0 aromatic heterocycles. The molecule has 0 saturated heterocycles. The minimum Gasteiger partial charge on any atom is -0.181 e. The molecule has 6 N–H and O–H groups in total. The van der Waals surface area contributed by atoms with Crippen LogP contribution in [-0.2, 0) is 0 Å². The van der Waals surface area contributed by atoms with Crippen molar-refractivity contribution < 1.29 is 4.81 Å². The molecule has 0 saturated carbocycles. The highest BCUT2D eigenvalue weighted by Gasteiger charge is 2.71. The molecule has 2 atom stereocenters. The second kappa shape index (κ2) is 2.14. The fraction of sp³-hybridized carbons (Fsp3) is 0. The first-order chi connectivity index (χ1) is 10.8. The quantitative estimate of drug-likeness (QED) is 0.416. The number of rotatable bonds is 0. The lowest BCUT2D eigenvalue weighted by molar-refractivity contribution is -0.865. The standard InChI is InChI=1S/C14H10N8/c1-2-4-6-5(3-1)13-10-7-8-11(19-21(13,16-8)18-10)14-12-9(7)17-22(14,15-6)20-12/h1-4,15-20H/q+2. The summed E-state index contributed by atoms with van der Waals surface area (Å²) in [5.74, 6) is 0. The van der Waals surface area contributed by atoms with Gasteiger partial charge >= 0.3 is 0 Å². The summed E-state index contributed by atoms with van der Waals surface area (Å²) in [6.07, 6.45) is 0. The lowest BCUT2D eigenvalue weighted by Crippen LogP contribution is -2.68. The fourth-order valence-corrected chi connectivity index (χ4v) is 4.68. The number of benzene rings is 2. The van der Waals surface area contributed by atoms with Gasteiger partial charge in [0.1, 0.15) is 17.1 Å². The molecule has 8 heteroatoms. The Morgan fingerprint density at radius 2 is 1.41 bits per heavy atom. The van der Waals surface area contributed by atoms with E-state index in [9.17, 15) is 0 Å². The van der Waals surface area contributed by atoms with Gasteiger partial charge in [0.05, 0.1) is 11.1 Å². The van der Waals surface area contributed by atoms with Gasteiger partial charge in [-0.05, 0) is 12.1 Å². The Morgan fingerprint density at radius 1 is 0.682 bits per heavy atom. The van der Waals surface area contributed by atoms with E-state index < -0.39 is 0 Å². The second-order valence-electron chi connectivity index (χ2n) is 6.51. The Kier molecular flexibility index (Phi) is 0.877. The SMILES string of the molecule is c1ccc2c(c1)N[N+]13Nc4c(c1c1c5c4C4=C2[N+](N4)(N5)N1)N3. The summed E-state index contributed by atoms with van der Waals surface area (Å²) in [5.41, 5.74) is 33.4. The van der Waals surface area contributed by atoms with E-state index in [1.807, 2.05) is 0 Å². The number of anilines is 5. The van der Waals surface area contributed by atoms with Gasteiger partial charge in [-0.15, -0.1) is 0 Å². The number of nitrogens with zero attached hydrogens (tertiary/aromatic N) is 2. The molecule has 8 nitrogen and oxygen atoms in total. The molecule has 2 spiro atoms. The van der Waals surface area contributed by atoms with Crippen LogP contribution in [0.2, 0.25) is 0 Å². The topological polar surface area (TPSA) is 72.2 Å². The molecule has 10 bridgehead atoms. The van der Waals surface area contributed by atoms with Crippen LogP contribution in [-0.4, -0.2) is 4.81 Å². The Morgan fingerprint density at radius 3 is 2.32 bits per heavy atom. The Balaban J connectivity index is 1.68. The predicted molar refractivity (Wildman–Crippen MR) is 83.0 cm³/mol. The third kappa shape index (κ3) is 0.579. The summed E-state index contributed by atoms with van der Waals surface area (Å²) in [5, 5.41) is 0. The largest absolute Gasteiger partial charge is 0.270 e. The molecule has 0 aliphatic carbocycles. The minimum absolute atomic E-state index is 0.374. The first-order valence-corrected chi connectivity index (χ1v) is 7.37. The summed E-state index contributed by atoms with van der Waals surface area (Å²) in [6.45, 7) is 0. The maximum Gasteiger partial charge on any atom is 0.270 e. The zero-order valence-electron chi connectivity index (χ0n) is 11.2. The summed E-state index contributed by atoms with van der Waals surface area (Å²) < 4.78 is 0. The van der Waals surface area contributed by atoms with Gasteiger partial charge in [-0.2, -0.15) is 32.6 Å². The number of hydrogen-bond acceptors (Lipinski definition) is 6. The van der Waals surface area contributed by atoms with Crippen LogP contribution in [0.15, 0.2) is 24.3 Å². The molecule has 0 radical (unpaired) electrons. The highest BCUT2D eigenvalue weighted by Crippen LogP contribution is 2.70. The number of quaternary nitrogens is 2. The van der Waals surface area contributed by atoms with E-state index in [0.29, 0.717) is 9.62 Å². The van der Waals surface area contributed by atoms with Crippen LogP contribution in [0, 0.1) is 0 Å². The predicted octanol–water partition coefficient (Wildman–Crippen LogP) is 1.86. The molecule has 2 aromatic carbocycles. The Hall–Kier alpha value is -3.10. The number of para-hydroxylation sites is 1. The third-order valence-corrected chi connectivity index (χ3v) is 5.50. The minimum atomic E-state index is 0.374. The van der Waals surface area contributed by atoms with Gasteiger partial charge in [0, 0.05) is 9.62 Å². The molecule has 2 unspecified atom stereocenters. The van der Waals surface area contributed by atoms with Gasteiger partial charge in [0.2, 0.25) is 5.70 Å². The molecule has 8 heterocycles. The van der Waals surface area contributed by atoms with E-state index in [0.717, 1.165) is 11.4 Å². The molecule has 22 heavy (non-hydrogen) atoms. The van der Waals surface area contributed by atoms with Crippen LogP contribution in [0.4, 0.5) is 34.1 Å². The van der Waals surface area contributed by atoms with Crippen molar-refractivity contribution >= 4 is 45.5 Å². The molecule has 8 aliphatic heterocycles. The third-order valence-electron chi connectivity index (χ3n) is 5.50. The van der Waals surface area contributed by atoms with Crippen molar-refractivity contribution in [2.24, 2.45) is 0 Å². The maximum atomic E-state index is 3.63. The van der Waals surface area contributed by atoms with Crippen molar-refractivity contribution in [3.8, 4) is 0 Å². The van der Waals surface area contributed by atoms with E-state index in [2.05, 4.69) is 56.8 Å². The Bertz CT molecular complexity index is 1060. The van der Waals surface area contributed by atoms with Gasteiger partial charge < -0.3 is 0 Å². The van der Waals surface area contributed by atoms with Crippen molar-refractivity contribution in [1.29, 1.82) is 0 Å². The molecule has 10 rings (SSSR count). The lowest BCUT2D eigenvalue weighted by Gasteiger charge is -2.44. The summed E-state index contributed by atoms with van der Waals surface area (Å²) >= 11 is 0. The second-order valence-corrected chi connectivity index (χ2v) is 6.51. The average Bonchev–Trinajstić information content (AvgIpc) is 3.09. The van der Waals surface area contributed by atoms with E-state index >= 15 is 0 Å².